The molecule has 1 aliphatic carbocycles. The highest BCUT2D eigenvalue weighted by atomic mass is 35.5. The zero-order chi connectivity index (χ0) is 12.0. The van der Waals surface area contributed by atoms with Gasteiger partial charge >= 0.3 is 0 Å². The van der Waals surface area contributed by atoms with Crippen LogP contribution in [0.2, 0.25) is 5.02 Å². The van der Waals surface area contributed by atoms with Crippen molar-refractivity contribution < 1.29 is 0 Å². The second kappa shape index (κ2) is 3.85. The molecule has 0 amide bonds. The summed E-state index contributed by atoms with van der Waals surface area (Å²) in [6, 6.07) is 1.86. The number of rotatable bonds is 3. The number of halogens is 2. The molecule has 0 bridgehead atoms. The van der Waals surface area contributed by atoms with Gasteiger partial charge in [0.25, 0.3) is 0 Å². The summed E-state index contributed by atoms with van der Waals surface area (Å²) in [4.78, 5) is 9.02. The molecule has 0 aromatic carbocycles. The molecule has 5 heteroatoms. The van der Waals surface area contributed by atoms with Gasteiger partial charge in [-0.15, -0.1) is 11.6 Å². The van der Waals surface area contributed by atoms with E-state index in [-0.39, 0.29) is 5.54 Å². The van der Waals surface area contributed by atoms with Crippen molar-refractivity contribution in [2.75, 3.05) is 5.88 Å². The third-order valence-electron chi connectivity index (χ3n) is 3.36. The smallest absolute Gasteiger partial charge is 0.160 e. The van der Waals surface area contributed by atoms with Crippen molar-refractivity contribution in [3.05, 3.63) is 23.1 Å². The first-order chi connectivity index (χ1) is 8.14. The second-order valence-electron chi connectivity index (χ2n) is 4.80. The van der Waals surface area contributed by atoms with E-state index in [0.29, 0.717) is 10.9 Å². The van der Waals surface area contributed by atoms with Gasteiger partial charge in [0.15, 0.2) is 5.65 Å². The standard InChI is InChI=1S/C12H13Cl2N3/c1-12(3-4-12)17-10(2-5-13)16-9-6-8(14)7-15-11(9)17/h6-7H,2-5H2,1H3. The summed E-state index contributed by atoms with van der Waals surface area (Å²) in [7, 11) is 0. The summed E-state index contributed by atoms with van der Waals surface area (Å²) in [6.45, 7) is 2.24. The molecular formula is C12H13Cl2N3. The van der Waals surface area contributed by atoms with E-state index in [1.165, 1.54) is 12.8 Å². The summed E-state index contributed by atoms with van der Waals surface area (Å²) in [5, 5.41) is 0.625. The van der Waals surface area contributed by atoms with Gasteiger partial charge in [0, 0.05) is 24.0 Å². The molecule has 3 nitrogen and oxygen atoms in total. The summed E-state index contributed by atoms with van der Waals surface area (Å²) in [6.07, 6.45) is 4.81. The quantitative estimate of drug-likeness (QED) is 0.800. The fourth-order valence-corrected chi connectivity index (χ4v) is 2.53. The second-order valence-corrected chi connectivity index (χ2v) is 5.61. The number of aromatic nitrogens is 3. The Morgan fingerprint density at radius 2 is 2.24 bits per heavy atom. The van der Waals surface area contributed by atoms with Gasteiger partial charge in [-0.3, -0.25) is 0 Å². The Balaban J connectivity index is 2.24. The Kier molecular flexibility index (Phi) is 2.56. The molecule has 0 radical (unpaired) electrons. The normalized spacial score (nSPS) is 17.6. The molecule has 2 aromatic rings. The van der Waals surface area contributed by atoms with E-state index in [0.717, 1.165) is 23.4 Å². The number of hydrogen-bond acceptors (Lipinski definition) is 2. The minimum atomic E-state index is 0.178. The lowest BCUT2D eigenvalue weighted by molar-refractivity contribution is 0.522. The van der Waals surface area contributed by atoms with Crippen LogP contribution >= 0.6 is 23.2 Å². The van der Waals surface area contributed by atoms with Crippen LogP contribution in [0.15, 0.2) is 12.3 Å². The van der Waals surface area contributed by atoms with Crippen molar-refractivity contribution in [3.63, 3.8) is 0 Å². The van der Waals surface area contributed by atoms with E-state index >= 15 is 0 Å². The van der Waals surface area contributed by atoms with Crippen LogP contribution in [0.25, 0.3) is 11.2 Å². The number of hydrogen-bond donors (Lipinski definition) is 0. The maximum Gasteiger partial charge on any atom is 0.160 e. The van der Waals surface area contributed by atoms with E-state index in [1.807, 2.05) is 6.07 Å². The highest BCUT2D eigenvalue weighted by Gasteiger charge is 2.42. The van der Waals surface area contributed by atoms with E-state index in [4.69, 9.17) is 23.2 Å². The third kappa shape index (κ3) is 1.81. The van der Waals surface area contributed by atoms with Crippen LogP contribution in [0.3, 0.4) is 0 Å². The molecule has 2 aromatic heterocycles. The Hall–Kier alpha value is -0.800. The Bertz CT molecular complexity index is 572. The Morgan fingerprint density at radius 1 is 1.47 bits per heavy atom. The minimum Gasteiger partial charge on any atom is -0.307 e. The van der Waals surface area contributed by atoms with Crippen molar-refractivity contribution in [3.8, 4) is 0 Å². The SMILES string of the molecule is CC1(n2c(CCCl)nc3cc(Cl)cnc32)CC1. The van der Waals surface area contributed by atoms with E-state index in [1.54, 1.807) is 6.20 Å². The Morgan fingerprint density at radius 3 is 2.88 bits per heavy atom. The Labute approximate surface area is 110 Å². The van der Waals surface area contributed by atoms with Crippen LogP contribution in [0.5, 0.6) is 0 Å². The van der Waals surface area contributed by atoms with Crippen LogP contribution in [0, 0.1) is 0 Å². The van der Waals surface area contributed by atoms with Gasteiger partial charge in [-0.2, -0.15) is 0 Å². The van der Waals surface area contributed by atoms with E-state index in [9.17, 15) is 0 Å². The molecule has 0 spiro atoms. The van der Waals surface area contributed by atoms with Gasteiger partial charge in [0.05, 0.1) is 5.02 Å². The molecule has 0 atom stereocenters. The van der Waals surface area contributed by atoms with Crippen LogP contribution < -0.4 is 0 Å². The molecule has 1 aliphatic rings. The lowest BCUT2D eigenvalue weighted by Crippen LogP contribution is -2.16. The zero-order valence-corrected chi connectivity index (χ0v) is 11.1. The topological polar surface area (TPSA) is 30.7 Å². The summed E-state index contributed by atoms with van der Waals surface area (Å²) >= 11 is 11.8. The lowest BCUT2D eigenvalue weighted by Gasteiger charge is -2.14. The highest BCUT2D eigenvalue weighted by Crippen LogP contribution is 2.45. The van der Waals surface area contributed by atoms with Crippen LogP contribution in [-0.4, -0.2) is 20.4 Å². The minimum absolute atomic E-state index is 0.178. The van der Waals surface area contributed by atoms with Gasteiger partial charge in [-0.25, -0.2) is 9.97 Å². The summed E-state index contributed by atoms with van der Waals surface area (Å²) in [5.74, 6) is 1.59. The fourth-order valence-electron chi connectivity index (χ4n) is 2.21. The maximum atomic E-state index is 5.95. The lowest BCUT2D eigenvalue weighted by atomic mass is 10.3. The number of aryl methyl sites for hydroxylation is 1. The largest absolute Gasteiger partial charge is 0.307 e. The number of fused-ring (bicyclic) bond motifs is 1. The highest BCUT2D eigenvalue weighted by molar-refractivity contribution is 6.31. The predicted octanol–water partition coefficient (Wildman–Crippen LogP) is 3.38. The number of alkyl halides is 1. The third-order valence-corrected chi connectivity index (χ3v) is 3.76. The molecule has 0 saturated heterocycles. The first kappa shape index (κ1) is 11.3. The van der Waals surface area contributed by atoms with Gasteiger partial charge in [-0.05, 0) is 25.8 Å². The predicted molar refractivity (Wildman–Crippen MR) is 69.8 cm³/mol. The molecule has 0 N–H and O–H groups in total. The van der Waals surface area contributed by atoms with E-state index in [2.05, 4.69) is 21.5 Å². The van der Waals surface area contributed by atoms with Gasteiger partial charge in [0.1, 0.15) is 11.3 Å². The van der Waals surface area contributed by atoms with Gasteiger partial charge in [-0.1, -0.05) is 11.6 Å². The monoisotopic (exact) mass is 269 g/mol. The number of pyridine rings is 1. The van der Waals surface area contributed by atoms with Crippen LogP contribution in [0.1, 0.15) is 25.6 Å². The maximum absolute atomic E-state index is 5.95. The van der Waals surface area contributed by atoms with Crippen molar-refractivity contribution in [1.82, 2.24) is 14.5 Å². The van der Waals surface area contributed by atoms with Gasteiger partial charge in [0.2, 0.25) is 0 Å². The number of nitrogens with zero attached hydrogens (tertiary/aromatic N) is 3. The fraction of sp³-hybridized carbons (Fsp3) is 0.500. The first-order valence-corrected chi connectivity index (χ1v) is 6.65. The molecule has 1 saturated carbocycles. The average molecular weight is 270 g/mol. The molecule has 3 rings (SSSR count). The average Bonchev–Trinajstić information content (AvgIpc) is 2.90. The molecular weight excluding hydrogens is 257 g/mol. The first-order valence-electron chi connectivity index (χ1n) is 5.73. The van der Waals surface area contributed by atoms with Gasteiger partial charge < -0.3 is 4.57 Å². The van der Waals surface area contributed by atoms with E-state index < -0.39 is 0 Å². The van der Waals surface area contributed by atoms with Crippen LogP contribution in [-0.2, 0) is 12.0 Å². The molecule has 90 valence electrons. The molecule has 0 aliphatic heterocycles. The molecule has 17 heavy (non-hydrogen) atoms. The molecule has 1 fully saturated rings. The van der Waals surface area contributed by atoms with Crippen molar-refractivity contribution in [2.24, 2.45) is 0 Å². The van der Waals surface area contributed by atoms with Crippen molar-refractivity contribution >= 4 is 34.4 Å². The van der Waals surface area contributed by atoms with Crippen LogP contribution in [0.4, 0.5) is 0 Å². The zero-order valence-electron chi connectivity index (χ0n) is 9.58. The molecule has 2 heterocycles. The van der Waals surface area contributed by atoms with Crippen molar-refractivity contribution in [2.45, 2.75) is 31.7 Å². The summed E-state index contributed by atoms with van der Waals surface area (Å²) < 4.78 is 2.24. The summed E-state index contributed by atoms with van der Waals surface area (Å²) in [5.41, 5.74) is 1.97. The molecule has 0 unspecified atom stereocenters. The number of imidazole rings is 1. The van der Waals surface area contributed by atoms with Crippen molar-refractivity contribution in [1.29, 1.82) is 0 Å².